The fraction of sp³-hybridized carbons (Fsp3) is 0.333. The van der Waals surface area contributed by atoms with Crippen molar-refractivity contribution in [3.8, 4) is 11.3 Å². The number of fused-ring (bicyclic) bond motifs is 1. The molecule has 1 heterocycles. The molecule has 3 nitrogen and oxygen atoms in total. The summed E-state index contributed by atoms with van der Waals surface area (Å²) < 4.78 is 0. The van der Waals surface area contributed by atoms with Crippen molar-refractivity contribution in [2.45, 2.75) is 26.2 Å². The Morgan fingerprint density at radius 2 is 1.88 bits per heavy atom. The number of aromatic amines is 1. The Bertz CT molecular complexity index is 830. The molecule has 0 aliphatic carbocycles. The summed E-state index contributed by atoms with van der Waals surface area (Å²) in [5, 5.41) is 1.34. The Kier molecular flexibility index (Phi) is 4.91. The van der Waals surface area contributed by atoms with Gasteiger partial charge in [0.2, 0.25) is 0 Å². The van der Waals surface area contributed by atoms with E-state index in [1.54, 1.807) is 0 Å². The van der Waals surface area contributed by atoms with E-state index >= 15 is 0 Å². The number of nitrogens with zero attached hydrogens (tertiary/aromatic N) is 1. The van der Waals surface area contributed by atoms with Gasteiger partial charge in [-0.05, 0) is 62.6 Å². The van der Waals surface area contributed by atoms with Gasteiger partial charge in [0, 0.05) is 41.9 Å². The molecular formula is C21H27N3. The molecule has 2 aromatic carbocycles. The molecule has 0 radical (unpaired) electrons. The van der Waals surface area contributed by atoms with Gasteiger partial charge >= 0.3 is 0 Å². The first-order valence-corrected chi connectivity index (χ1v) is 8.69. The number of unbranched alkanes of at least 4 members (excludes halogenated alkanes) is 1. The zero-order valence-electron chi connectivity index (χ0n) is 14.9. The lowest BCUT2D eigenvalue weighted by molar-refractivity contribution is 0.748. The van der Waals surface area contributed by atoms with Gasteiger partial charge < -0.3 is 15.6 Å². The highest BCUT2D eigenvalue weighted by Gasteiger charge is 2.13. The summed E-state index contributed by atoms with van der Waals surface area (Å²) in [6.07, 6.45) is 3.25. The van der Waals surface area contributed by atoms with Gasteiger partial charge in [0.25, 0.3) is 0 Å². The molecule has 0 spiro atoms. The topological polar surface area (TPSA) is 45.0 Å². The molecule has 0 atom stereocenters. The Morgan fingerprint density at radius 3 is 2.62 bits per heavy atom. The summed E-state index contributed by atoms with van der Waals surface area (Å²) in [5.41, 5.74) is 13.3. The van der Waals surface area contributed by atoms with Crippen LogP contribution in [0.1, 0.15) is 24.0 Å². The van der Waals surface area contributed by atoms with Crippen molar-refractivity contribution in [2.75, 3.05) is 25.5 Å². The minimum atomic E-state index is 0.757. The third-order valence-electron chi connectivity index (χ3n) is 4.59. The van der Waals surface area contributed by atoms with E-state index in [-0.39, 0.29) is 0 Å². The van der Waals surface area contributed by atoms with Crippen LogP contribution < -0.4 is 10.6 Å². The Morgan fingerprint density at radius 1 is 1.04 bits per heavy atom. The number of benzene rings is 2. The van der Waals surface area contributed by atoms with Crippen molar-refractivity contribution in [3.05, 3.63) is 53.6 Å². The molecule has 0 saturated heterocycles. The van der Waals surface area contributed by atoms with E-state index in [0.29, 0.717) is 0 Å². The number of aryl methyl sites for hydroxylation is 2. The van der Waals surface area contributed by atoms with Crippen molar-refractivity contribution in [2.24, 2.45) is 5.73 Å². The second kappa shape index (κ2) is 7.10. The van der Waals surface area contributed by atoms with Crippen molar-refractivity contribution in [1.29, 1.82) is 0 Å². The number of nitrogens with two attached hydrogens (primary N) is 1. The van der Waals surface area contributed by atoms with Crippen molar-refractivity contribution in [3.63, 3.8) is 0 Å². The third kappa shape index (κ3) is 3.31. The zero-order chi connectivity index (χ0) is 17.1. The number of nitrogens with one attached hydrogen (secondary N) is 1. The lowest BCUT2D eigenvalue weighted by Crippen LogP contribution is -2.08. The van der Waals surface area contributed by atoms with Crippen molar-refractivity contribution >= 4 is 16.6 Å². The number of hydrogen-bond donors (Lipinski definition) is 2. The van der Waals surface area contributed by atoms with Gasteiger partial charge in [0.15, 0.2) is 0 Å². The largest absolute Gasteiger partial charge is 0.378 e. The van der Waals surface area contributed by atoms with E-state index in [1.165, 1.54) is 39.0 Å². The summed E-state index contributed by atoms with van der Waals surface area (Å²) in [7, 11) is 4.16. The second-order valence-corrected chi connectivity index (χ2v) is 6.72. The second-order valence-electron chi connectivity index (χ2n) is 6.72. The van der Waals surface area contributed by atoms with Gasteiger partial charge in [-0.3, -0.25) is 0 Å². The Labute approximate surface area is 144 Å². The minimum Gasteiger partial charge on any atom is -0.378 e. The first-order valence-electron chi connectivity index (χ1n) is 8.69. The van der Waals surface area contributed by atoms with Gasteiger partial charge in [-0.1, -0.05) is 23.8 Å². The molecule has 0 bridgehead atoms. The molecule has 0 saturated carbocycles. The maximum atomic E-state index is 5.69. The predicted octanol–water partition coefficient (Wildman–Crippen LogP) is 4.49. The quantitative estimate of drug-likeness (QED) is 0.657. The van der Waals surface area contributed by atoms with E-state index in [4.69, 9.17) is 5.73 Å². The molecular weight excluding hydrogens is 294 g/mol. The minimum absolute atomic E-state index is 0.757. The SMILES string of the molecule is Cc1ccc2[nH]c(-c3cccc(N(C)C)c3)c(CCCCN)c2c1. The van der Waals surface area contributed by atoms with Gasteiger partial charge in [-0.2, -0.15) is 0 Å². The van der Waals surface area contributed by atoms with E-state index in [1.807, 2.05) is 0 Å². The average molecular weight is 321 g/mol. The Hall–Kier alpha value is -2.26. The number of anilines is 1. The van der Waals surface area contributed by atoms with E-state index in [9.17, 15) is 0 Å². The summed E-state index contributed by atoms with van der Waals surface area (Å²) in [4.78, 5) is 5.79. The highest BCUT2D eigenvalue weighted by atomic mass is 15.1. The zero-order valence-corrected chi connectivity index (χ0v) is 14.9. The molecule has 3 heteroatoms. The standard InChI is InChI=1S/C21H27N3/c1-15-10-11-20-19(13-15)18(9-4-5-12-22)21(23-20)16-7-6-8-17(14-16)24(2)3/h6-8,10-11,13-14,23H,4-5,9,12,22H2,1-3H3. The fourth-order valence-corrected chi connectivity index (χ4v) is 3.25. The highest BCUT2D eigenvalue weighted by Crippen LogP contribution is 2.33. The summed E-state index contributed by atoms with van der Waals surface area (Å²) in [6, 6.07) is 15.4. The normalized spacial score (nSPS) is 11.2. The van der Waals surface area contributed by atoms with Crippen LogP contribution in [0.25, 0.3) is 22.2 Å². The molecule has 3 aromatic rings. The van der Waals surface area contributed by atoms with Crippen LogP contribution in [-0.2, 0) is 6.42 Å². The summed E-state index contributed by atoms with van der Waals surface area (Å²) in [5.74, 6) is 0. The molecule has 3 N–H and O–H groups in total. The summed E-state index contributed by atoms with van der Waals surface area (Å²) in [6.45, 7) is 2.91. The maximum absolute atomic E-state index is 5.69. The lowest BCUT2D eigenvalue weighted by Gasteiger charge is -2.14. The third-order valence-corrected chi connectivity index (χ3v) is 4.59. The first-order chi connectivity index (χ1) is 11.6. The van der Waals surface area contributed by atoms with Crippen molar-refractivity contribution in [1.82, 2.24) is 4.98 Å². The molecule has 126 valence electrons. The van der Waals surface area contributed by atoms with E-state index in [0.717, 1.165) is 25.8 Å². The molecule has 0 amide bonds. The molecule has 3 rings (SSSR count). The number of rotatable bonds is 6. The highest BCUT2D eigenvalue weighted by molar-refractivity contribution is 5.91. The number of aromatic nitrogens is 1. The number of H-pyrrole nitrogens is 1. The van der Waals surface area contributed by atoms with Gasteiger partial charge in [-0.15, -0.1) is 0 Å². The van der Waals surface area contributed by atoms with Crippen LogP contribution in [0.3, 0.4) is 0 Å². The maximum Gasteiger partial charge on any atom is 0.0498 e. The van der Waals surface area contributed by atoms with Crippen LogP contribution in [-0.4, -0.2) is 25.6 Å². The van der Waals surface area contributed by atoms with Crippen LogP contribution in [0.15, 0.2) is 42.5 Å². The molecule has 0 unspecified atom stereocenters. The van der Waals surface area contributed by atoms with Crippen LogP contribution in [0.4, 0.5) is 5.69 Å². The molecule has 1 aromatic heterocycles. The van der Waals surface area contributed by atoms with Crippen LogP contribution in [0, 0.1) is 6.92 Å². The lowest BCUT2D eigenvalue weighted by atomic mass is 9.99. The first kappa shape index (κ1) is 16.6. The van der Waals surface area contributed by atoms with E-state index in [2.05, 4.69) is 73.4 Å². The predicted molar refractivity (Wildman–Crippen MR) is 105 cm³/mol. The van der Waals surface area contributed by atoms with Gasteiger partial charge in [-0.25, -0.2) is 0 Å². The summed E-state index contributed by atoms with van der Waals surface area (Å²) >= 11 is 0. The monoisotopic (exact) mass is 321 g/mol. The van der Waals surface area contributed by atoms with Crippen molar-refractivity contribution < 1.29 is 0 Å². The van der Waals surface area contributed by atoms with E-state index < -0.39 is 0 Å². The van der Waals surface area contributed by atoms with Gasteiger partial charge in [0.05, 0.1) is 0 Å². The number of hydrogen-bond acceptors (Lipinski definition) is 2. The average Bonchev–Trinajstić information content (AvgIpc) is 2.93. The fourth-order valence-electron chi connectivity index (χ4n) is 3.25. The molecule has 0 aliphatic heterocycles. The van der Waals surface area contributed by atoms with Crippen LogP contribution in [0.5, 0.6) is 0 Å². The van der Waals surface area contributed by atoms with Crippen LogP contribution >= 0.6 is 0 Å². The molecule has 24 heavy (non-hydrogen) atoms. The molecule has 0 fully saturated rings. The Balaban J connectivity index is 2.12. The van der Waals surface area contributed by atoms with Gasteiger partial charge in [0.1, 0.15) is 0 Å². The van der Waals surface area contributed by atoms with Crippen LogP contribution in [0.2, 0.25) is 0 Å². The smallest absolute Gasteiger partial charge is 0.0498 e. The molecule has 0 aliphatic rings.